The van der Waals surface area contributed by atoms with Gasteiger partial charge >= 0.3 is 0 Å². The highest BCUT2D eigenvalue weighted by atomic mass is 32.2. The van der Waals surface area contributed by atoms with Crippen LogP contribution in [0.3, 0.4) is 0 Å². The lowest BCUT2D eigenvalue weighted by Crippen LogP contribution is -2.31. The molecular weight excluding hydrogens is 400 g/mol. The molecule has 0 atom stereocenters. The second kappa shape index (κ2) is 9.45. The van der Waals surface area contributed by atoms with Crippen LogP contribution in [0, 0.1) is 18.6 Å². The first kappa shape index (κ1) is 21.4. The molecule has 0 aliphatic carbocycles. The molecule has 1 fully saturated rings. The van der Waals surface area contributed by atoms with Crippen LogP contribution in [0.25, 0.3) is 0 Å². The van der Waals surface area contributed by atoms with Crippen molar-refractivity contribution in [2.45, 2.75) is 31.9 Å². The molecule has 158 valence electrons. The molecule has 1 aromatic carbocycles. The van der Waals surface area contributed by atoms with Crippen molar-refractivity contribution in [3.05, 3.63) is 47.3 Å². The van der Waals surface area contributed by atoms with Gasteiger partial charge in [0.25, 0.3) is 0 Å². The second-order valence-corrected chi connectivity index (χ2v) is 8.87. The maximum absolute atomic E-state index is 13.2. The first-order valence-corrected chi connectivity index (χ1v) is 11.2. The van der Waals surface area contributed by atoms with Crippen molar-refractivity contribution < 1.29 is 17.2 Å². The summed E-state index contributed by atoms with van der Waals surface area (Å²) in [5.74, 6) is 0.0381. The molecule has 2 aromatic rings. The largest absolute Gasteiger partial charge is 0.369 e. The van der Waals surface area contributed by atoms with Gasteiger partial charge in [-0.2, -0.15) is 0 Å². The SMILES string of the molecule is Cc1nc(NCCNS(=O)(=O)Cc2cc(F)cc(F)c2)cc(N2CCCCC2)n1. The first-order chi connectivity index (χ1) is 13.8. The van der Waals surface area contributed by atoms with Crippen LogP contribution < -0.4 is 14.9 Å². The Morgan fingerprint density at radius 1 is 1.00 bits per heavy atom. The molecule has 1 aliphatic rings. The van der Waals surface area contributed by atoms with E-state index >= 15 is 0 Å². The molecule has 0 bridgehead atoms. The van der Waals surface area contributed by atoms with E-state index in [1.165, 1.54) is 6.42 Å². The molecule has 0 radical (unpaired) electrons. The van der Waals surface area contributed by atoms with E-state index in [9.17, 15) is 17.2 Å². The van der Waals surface area contributed by atoms with Crippen molar-refractivity contribution in [2.75, 3.05) is 36.4 Å². The standard InChI is InChI=1S/C19H25F2N5O2S/c1-14-24-18(12-19(25-14)26-7-3-2-4-8-26)22-5-6-23-29(27,28)13-15-9-16(20)11-17(21)10-15/h9-12,23H,2-8,13H2,1H3,(H,22,24,25). The summed E-state index contributed by atoms with van der Waals surface area (Å²) in [5.41, 5.74) is 0.0561. The second-order valence-electron chi connectivity index (χ2n) is 7.06. The van der Waals surface area contributed by atoms with E-state index in [4.69, 9.17) is 0 Å². The van der Waals surface area contributed by atoms with Crippen molar-refractivity contribution in [2.24, 2.45) is 0 Å². The normalized spacial score (nSPS) is 14.8. The van der Waals surface area contributed by atoms with Gasteiger partial charge in [-0.3, -0.25) is 0 Å². The quantitative estimate of drug-likeness (QED) is 0.632. The zero-order valence-corrected chi connectivity index (χ0v) is 17.1. The van der Waals surface area contributed by atoms with Crippen LogP contribution in [0.4, 0.5) is 20.4 Å². The van der Waals surface area contributed by atoms with Crippen LogP contribution in [-0.2, 0) is 15.8 Å². The van der Waals surface area contributed by atoms with E-state index in [0.717, 1.165) is 43.9 Å². The van der Waals surface area contributed by atoms with Crippen molar-refractivity contribution >= 4 is 21.7 Å². The Morgan fingerprint density at radius 3 is 2.38 bits per heavy atom. The summed E-state index contributed by atoms with van der Waals surface area (Å²) in [6.45, 7) is 4.18. The highest BCUT2D eigenvalue weighted by Crippen LogP contribution is 2.20. The summed E-state index contributed by atoms with van der Waals surface area (Å²) in [5, 5.41) is 3.09. The minimum absolute atomic E-state index is 0.0561. The van der Waals surface area contributed by atoms with E-state index in [1.54, 1.807) is 0 Å². The molecule has 29 heavy (non-hydrogen) atoms. The third kappa shape index (κ3) is 6.60. The van der Waals surface area contributed by atoms with Gasteiger partial charge in [0.05, 0.1) is 5.75 Å². The number of rotatable bonds is 8. The van der Waals surface area contributed by atoms with Gasteiger partial charge < -0.3 is 10.2 Å². The fourth-order valence-corrected chi connectivity index (χ4v) is 4.41. The van der Waals surface area contributed by atoms with Crippen molar-refractivity contribution in [1.82, 2.24) is 14.7 Å². The van der Waals surface area contributed by atoms with Crippen molar-refractivity contribution in [3.63, 3.8) is 0 Å². The number of halogens is 2. The lowest BCUT2D eigenvalue weighted by Gasteiger charge is -2.28. The van der Waals surface area contributed by atoms with Gasteiger partial charge in [-0.15, -0.1) is 0 Å². The number of aromatic nitrogens is 2. The van der Waals surface area contributed by atoms with E-state index in [0.29, 0.717) is 24.3 Å². The number of sulfonamides is 1. The number of hydrogen-bond donors (Lipinski definition) is 2. The molecule has 0 spiro atoms. The Balaban J connectivity index is 1.52. The molecule has 0 saturated carbocycles. The molecule has 1 aliphatic heterocycles. The number of hydrogen-bond acceptors (Lipinski definition) is 6. The maximum atomic E-state index is 13.2. The number of benzene rings is 1. The monoisotopic (exact) mass is 425 g/mol. The predicted molar refractivity (Wildman–Crippen MR) is 108 cm³/mol. The van der Waals surface area contributed by atoms with Crippen molar-refractivity contribution in [1.29, 1.82) is 0 Å². The number of nitrogens with one attached hydrogen (secondary N) is 2. The Bertz CT molecular complexity index is 929. The summed E-state index contributed by atoms with van der Waals surface area (Å²) in [4.78, 5) is 11.1. The topological polar surface area (TPSA) is 87.2 Å². The minimum Gasteiger partial charge on any atom is -0.369 e. The fourth-order valence-electron chi connectivity index (χ4n) is 3.29. The Kier molecular flexibility index (Phi) is 6.96. The zero-order valence-electron chi connectivity index (χ0n) is 16.3. The lowest BCUT2D eigenvalue weighted by molar-refractivity contribution is 0.572. The van der Waals surface area contributed by atoms with Gasteiger partial charge in [0.2, 0.25) is 10.0 Å². The molecule has 0 unspecified atom stereocenters. The van der Waals surface area contributed by atoms with E-state index < -0.39 is 27.4 Å². The summed E-state index contributed by atoms with van der Waals surface area (Å²) in [7, 11) is -3.72. The fraction of sp³-hybridized carbons (Fsp3) is 0.474. The molecule has 1 saturated heterocycles. The van der Waals surface area contributed by atoms with Gasteiger partial charge in [-0.25, -0.2) is 31.9 Å². The average Bonchev–Trinajstić information content (AvgIpc) is 2.64. The third-order valence-corrected chi connectivity index (χ3v) is 5.89. The molecule has 10 heteroatoms. The van der Waals surface area contributed by atoms with E-state index in [2.05, 4.69) is 24.9 Å². The Labute approximate surface area is 169 Å². The van der Waals surface area contributed by atoms with Crippen LogP contribution in [0.5, 0.6) is 0 Å². The van der Waals surface area contributed by atoms with Crippen LogP contribution in [-0.4, -0.2) is 44.6 Å². The lowest BCUT2D eigenvalue weighted by atomic mass is 10.1. The molecule has 3 rings (SSSR count). The Morgan fingerprint density at radius 2 is 1.69 bits per heavy atom. The summed E-state index contributed by atoms with van der Waals surface area (Å²) in [6.07, 6.45) is 3.51. The summed E-state index contributed by atoms with van der Waals surface area (Å²) in [6, 6.07) is 4.58. The zero-order chi connectivity index (χ0) is 20.9. The summed E-state index contributed by atoms with van der Waals surface area (Å²) < 4.78 is 53.1. The van der Waals surface area contributed by atoms with E-state index in [1.807, 2.05) is 13.0 Å². The molecule has 7 nitrogen and oxygen atoms in total. The molecule has 2 heterocycles. The molecule has 0 amide bonds. The summed E-state index contributed by atoms with van der Waals surface area (Å²) >= 11 is 0. The van der Waals surface area contributed by atoms with Gasteiger partial charge in [-0.1, -0.05) is 0 Å². The minimum atomic E-state index is -3.72. The maximum Gasteiger partial charge on any atom is 0.215 e. The smallest absolute Gasteiger partial charge is 0.215 e. The molecule has 1 aromatic heterocycles. The number of aryl methyl sites for hydroxylation is 1. The van der Waals surface area contributed by atoms with Crippen LogP contribution in [0.1, 0.15) is 30.7 Å². The highest BCUT2D eigenvalue weighted by molar-refractivity contribution is 7.88. The van der Waals surface area contributed by atoms with E-state index in [-0.39, 0.29) is 12.1 Å². The van der Waals surface area contributed by atoms with Crippen LogP contribution in [0.15, 0.2) is 24.3 Å². The molecular formula is C19H25F2N5O2S. The van der Waals surface area contributed by atoms with Crippen molar-refractivity contribution in [3.8, 4) is 0 Å². The van der Waals surface area contributed by atoms with Gasteiger partial charge in [0.15, 0.2) is 0 Å². The van der Waals surface area contributed by atoms with Crippen LogP contribution in [0.2, 0.25) is 0 Å². The molecule has 2 N–H and O–H groups in total. The Hall–Kier alpha value is -2.33. The van der Waals surface area contributed by atoms with Crippen LogP contribution >= 0.6 is 0 Å². The van der Waals surface area contributed by atoms with Gasteiger partial charge in [-0.05, 0) is 43.9 Å². The number of piperidine rings is 1. The average molecular weight is 426 g/mol. The van der Waals surface area contributed by atoms with Gasteiger partial charge in [0.1, 0.15) is 29.1 Å². The van der Waals surface area contributed by atoms with Gasteiger partial charge in [0, 0.05) is 38.3 Å². The number of anilines is 2. The highest BCUT2D eigenvalue weighted by Gasteiger charge is 2.15. The third-order valence-electron chi connectivity index (χ3n) is 4.54. The first-order valence-electron chi connectivity index (χ1n) is 9.57. The number of nitrogens with zero attached hydrogens (tertiary/aromatic N) is 3. The predicted octanol–water partition coefficient (Wildman–Crippen LogP) is 2.59.